The topological polar surface area (TPSA) is 35.7 Å². The fourth-order valence-electron chi connectivity index (χ4n) is 4.23. The van der Waals surface area contributed by atoms with Gasteiger partial charge in [0, 0.05) is 51.4 Å². The molecule has 3 rings (SSSR count). The molecule has 4 heteroatoms. The van der Waals surface area contributed by atoms with Crippen LogP contribution in [0.3, 0.4) is 0 Å². The molecule has 2 aliphatic heterocycles. The molecule has 0 amide bonds. The normalized spacial score (nSPS) is 36.9. The average Bonchev–Trinajstić information content (AvgIpc) is 2.87. The number of hydrogen-bond donors (Lipinski definition) is 1. The molecule has 0 aromatic heterocycles. The fourth-order valence-corrected chi connectivity index (χ4v) is 4.23. The summed E-state index contributed by atoms with van der Waals surface area (Å²) in [7, 11) is 0. The van der Waals surface area contributed by atoms with Crippen LogP contribution in [0.25, 0.3) is 0 Å². The zero-order valence-electron chi connectivity index (χ0n) is 12.4. The predicted octanol–water partition coefficient (Wildman–Crippen LogP) is 1.13. The molecule has 19 heavy (non-hydrogen) atoms. The Labute approximate surface area is 117 Å². The minimum Gasteiger partial charge on any atom is -0.298 e. The van der Waals surface area contributed by atoms with Gasteiger partial charge in [-0.1, -0.05) is 6.92 Å². The van der Waals surface area contributed by atoms with Crippen molar-refractivity contribution >= 4 is 0 Å². The van der Waals surface area contributed by atoms with Crippen molar-refractivity contribution in [1.82, 2.24) is 14.8 Å². The van der Waals surface area contributed by atoms with Gasteiger partial charge in [-0.15, -0.1) is 0 Å². The number of nitrogens with two attached hydrogens (primary N) is 1. The Bertz CT molecular complexity index is 280. The first-order valence-electron chi connectivity index (χ1n) is 8.20. The summed E-state index contributed by atoms with van der Waals surface area (Å²) < 4.78 is 0. The van der Waals surface area contributed by atoms with E-state index in [9.17, 15) is 0 Å². The summed E-state index contributed by atoms with van der Waals surface area (Å²) in [4.78, 5) is 5.49. The minimum atomic E-state index is 0.796. The molecular weight excluding hydrogens is 236 g/mol. The molecule has 4 nitrogen and oxygen atoms in total. The van der Waals surface area contributed by atoms with Crippen LogP contribution in [0.4, 0.5) is 0 Å². The average molecular weight is 266 g/mol. The van der Waals surface area contributed by atoms with E-state index in [2.05, 4.69) is 16.7 Å². The molecule has 1 saturated carbocycles. The van der Waals surface area contributed by atoms with Crippen molar-refractivity contribution in [3.63, 3.8) is 0 Å². The van der Waals surface area contributed by atoms with E-state index in [4.69, 9.17) is 5.84 Å². The molecule has 0 aromatic rings. The standard InChI is InChI=1S/C15H30N4/c1-13-2-3-15(12-13)18-10-8-17(9-11-18)14-4-6-19(16)7-5-14/h13-15H,2-12,16H2,1H3. The van der Waals surface area contributed by atoms with Crippen molar-refractivity contribution in [2.75, 3.05) is 39.3 Å². The van der Waals surface area contributed by atoms with Crippen molar-refractivity contribution in [3.05, 3.63) is 0 Å². The van der Waals surface area contributed by atoms with Crippen LogP contribution in [-0.4, -0.2) is 66.2 Å². The smallest absolute Gasteiger partial charge is 0.0143 e. The number of hydrazine groups is 1. The third-order valence-corrected chi connectivity index (χ3v) is 5.55. The molecular formula is C15H30N4. The lowest BCUT2D eigenvalue weighted by molar-refractivity contribution is 0.0430. The molecule has 2 saturated heterocycles. The van der Waals surface area contributed by atoms with E-state index in [1.807, 2.05) is 5.01 Å². The van der Waals surface area contributed by atoms with Gasteiger partial charge in [0.15, 0.2) is 0 Å². The van der Waals surface area contributed by atoms with Gasteiger partial charge in [-0.05, 0) is 38.0 Å². The largest absolute Gasteiger partial charge is 0.298 e. The van der Waals surface area contributed by atoms with Crippen LogP contribution >= 0.6 is 0 Å². The molecule has 0 aromatic carbocycles. The van der Waals surface area contributed by atoms with E-state index < -0.39 is 0 Å². The molecule has 3 fully saturated rings. The molecule has 0 bridgehead atoms. The summed E-state index contributed by atoms with van der Waals surface area (Å²) in [6.45, 7) is 9.70. The third kappa shape index (κ3) is 3.30. The summed E-state index contributed by atoms with van der Waals surface area (Å²) in [5, 5.41) is 1.98. The van der Waals surface area contributed by atoms with Crippen LogP contribution in [0, 0.1) is 5.92 Å². The van der Waals surface area contributed by atoms with Gasteiger partial charge >= 0.3 is 0 Å². The highest BCUT2D eigenvalue weighted by Crippen LogP contribution is 2.29. The van der Waals surface area contributed by atoms with Gasteiger partial charge in [-0.2, -0.15) is 0 Å². The first-order valence-corrected chi connectivity index (χ1v) is 8.20. The Morgan fingerprint density at radius 3 is 1.84 bits per heavy atom. The van der Waals surface area contributed by atoms with Crippen molar-refractivity contribution in [3.8, 4) is 0 Å². The summed E-state index contributed by atoms with van der Waals surface area (Å²) in [5.41, 5.74) is 0. The zero-order chi connectivity index (χ0) is 13.2. The van der Waals surface area contributed by atoms with Crippen LogP contribution in [0.2, 0.25) is 0 Å². The molecule has 0 spiro atoms. The third-order valence-electron chi connectivity index (χ3n) is 5.55. The Morgan fingerprint density at radius 1 is 0.737 bits per heavy atom. The minimum absolute atomic E-state index is 0.796. The number of nitrogens with zero attached hydrogens (tertiary/aromatic N) is 3. The van der Waals surface area contributed by atoms with Gasteiger partial charge in [0.05, 0.1) is 0 Å². The van der Waals surface area contributed by atoms with E-state index in [0.717, 1.165) is 31.1 Å². The zero-order valence-corrected chi connectivity index (χ0v) is 12.4. The molecule has 3 aliphatic rings. The van der Waals surface area contributed by atoms with Crippen LogP contribution in [0.5, 0.6) is 0 Å². The monoisotopic (exact) mass is 266 g/mol. The molecule has 0 radical (unpaired) electrons. The number of hydrogen-bond acceptors (Lipinski definition) is 4. The van der Waals surface area contributed by atoms with E-state index in [-0.39, 0.29) is 0 Å². The lowest BCUT2D eigenvalue weighted by Gasteiger charge is -2.43. The van der Waals surface area contributed by atoms with Gasteiger partial charge in [-0.3, -0.25) is 15.6 Å². The Morgan fingerprint density at radius 2 is 1.32 bits per heavy atom. The highest BCUT2D eigenvalue weighted by Gasteiger charge is 2.31. The molecule has 2 unspecified atom stereocenters. The Kier molecular flexibility index (Phi) is 4.42. The molecule has 2 heterocycles. The van der Waals surface area contributed by atoms with Crippen molar-refractivity contribution in [1.29, 1.82) is 0 Å². The quantitative estimate of drug-likeness (QED) is 0.760. The highest BCUT2D eigenvalue weighted by atomic mass is 15.4. The SMILES string of the molecule is CC1CCC(N2CCN(C3CCN(N)CC3)CC2)C1. The van der Waals surface area contributed by atoms with Crippen molar-refractivity contribution < 1.29 is 0 Å². The summed E-state index contributed by atoms with van der Waals surface area (Å²) in [6, 6.07) is 1.69. The summed E-state index contributed by atoms with van der Waals surface area (Å²) >= 11 is 0. The predicted molar refractivity (Wildman–Crippen MR) is 78.7 cm³/mol. The molecule has 1 aliphatic carbocycles. The van der Waals surface area contributed by atoms with Crippen LogP contribution < -0.4 is 5.84 Å². The number of rotatable bonds is 2. The Balaban J connectivity index is 1.44. The first-order chi connectivity index (χ1) is 9.22. The second-order valence-electron chi connectivity index (χ2n) is 6.91. The van der Waals surface area contributed by atoms with Crippen molar-refractivity contribution in [2.24, 2.45) is 11.8 Å². The number of piperazine rings is 1. The second-order valence-corrected chi connectivity index (χ2v) is 6.91. The fraction of sp³-hybridized carbons (Fsp3) is 1.00. The van der Waals surface area contributed by atoms with E-state index in [1.54, 1.807) is 0 Å². The number of piperidine rings is 1. The summed E-state index contributed by atoms with van der Waals surface area (Å²) in [5.74, 6) is 6.81. The lowest BCUT2D eigenvalue weighted by atomic mass is 10.0. The Hall–Kier alpha value is -0.160. The van der Waals surface area contributed by atoms with Gasteiger partial charge in [-0.25, -0.2) is 5.01 Å². The molecule has 2 atom stereocenters. The lowest BCUT2D eigenvalue weighted by Crippen LogP contribution is -2.55. The van der Waals surface area contributed by atoms with E-state index in [1.165, 1.54) is 58.3 Å². The van der Waals surface area contributed by atoms with Gasteiger partial charge in [0.25, 0.3) is 0 Å². The highest BCUT2D eigenvalue weighted by molar-refractivity contribution is 4.87. The van der Waals surface area contributed by atoms with Gasteiger partial charge < -0.3 is 0 Å². The van der Waals surface area contributed by atoms with Crippen LogP contribution in [0.15, 0.2) is 0 Å². The maximum absolute atomic E-state index is 5.85. The summed E-state index contributed by atoms with van der Waals surface area (Å²) in [6.07, 6.45) is 6.84. The molecule has 110 valence electrons. The van der Waals surface area contributed by atoms with Crippen LogP contribution in [-0.2, 0) is 0 Å². The van der Waals surface area contributed by atoms with Crippen molar-refractivity contribution in [2.45, 2.75) is 51.1 Å². The van der Waals surface area contributed by atoms with Gasteiger partial charge in [0.1, 0.15) is 0 Å². The van der Waals surface area contributed by atoms with E-state index in [0.29, 0.717) is 0 Å². The first kappa shape index (κ1) is 13.8. The van der Waals surface area contributed by atoms with Crippen LogP contribution in [0.1, 0.15) is 39.0 Å². The second kappa shape index (κ2) is 6.08. The molecule has 2 N–H and O–H groups in total. The maximum atomic E-state index is 5.85. The maximum Gasteiger partial charge on any atom is 0.0143 e. The van der Waals surface area contributed by atoms with Gasteiger partial charge in [0.2, 0.25) is 0 Å². The van der Waals surface area contributed by atoms with E-state index >= 15 is 0 Å².